The van der Waals surface area contributed by atoms with Crippen molar-refractivity contribution in [1.82, 2.24) is 0 Å². The molecule has 0 aromatic carbocycles. The van der Waals surface area contributed by atoms with Crippen LogP contribution in [0.25, 0.3) is 0 Å². The Morgan fingerprint density at radius 3 is 3.00 bits per heavy atom. The number of nitrogens with two attached hydrogens (primary N) is 1. The van der Waals surface area contributed by atoms with Crippen molar-refractivity contribution < 1.29 is 9.53 Å². The molecule has 0 amide bonds. The van der Waals surface area contributed by atoms with Gasteiger partial charge in [0.1, 0.15) is 6.04 Å². The van der Waals surface area contributed by atoms with E-state index in [1.165, 1.54) is 18.4 Å². The van der Waals surface area contributed by atoms with Crippen molar-refractivity contribution in [2.24, 2.45) is 5.73 Å². The molecule has 0 saturated carbocycles. The van der Waals surface area contributed by atoms with Crippen LogP contribution < -0.4 is 5.73 Å². The fraction of sp³-hybridized carbons (Fsp3) is 0.286. The third-order valence-electron chi connectivity index (χ3n) is 1.30. The average Bonchev–Trinajstić information content (AvgIpc) is 2.53. The van der Waals surface area contributed by atoms with Gasteiger partial charge in [0.2, 0.25) is 0 Å². The van der Waals surface area contributed by atoms with Crippen molar-refractivity contribution in [1.29, 1.82) is 0 Å². The van der Waals surface area contributed by atoms with E-state index in [1.807, 2.05) is 17.5 Å². The van der Waals surface area contributed by atoms with E-state index in [9.17, 15) is 4.79 Å². The van der Waals surface area contributed by atoms with Crippen LogP contribution in [0, 0.1) is 0 Å². The number of thiophene rings is 1. The van der Waals surface area contributed by atoms with E-state index in [0.717, 1.165) is 4.88 Å². The number of hydrogen-bond donors (Lipinski definition) is 1. The van der Waals surface area contributed by atoms with Gasteiger partial charge in [-0.15, -0.1) is 11.3 Å². The van der Waals surface area contributed by atoms with Gasteiger partial charge in [0, 0.05) is 4.88 Å². The number of carbonyl (C=O) groups is 1. The Hall–Kier alpha value is -0.870. The summed E-state index contributed by atoms with van der Waals surface area (Å²) in [6.45, 7) is 0. The van der Waals surface area contributed by atoms with Gasteiger partial charge in [0.15, 0.2) is 0 Å². The molecule has 0 fully saturated rings. The molecule has 1 aromatic rings. The molecule has 11 heavy (non-hydrogen) atoms. The Morgan fingerprint density at radius 2 is 2.55 bits per heavy atom. The zero-order chi connectivity index (χ0) is 8.27. The highest BCUT2D eigenvalue weighted by Gasteiger charge is 2.16. The van der Waals surface area contributed by atoms with E-state index in [1.54, 1.807) is 0 Å². The van der Waals surface area contributed by atoms with Crippen LogP contribution >= 0.6 is 11.3 Å². The number of rotatable bonds is 2. The zero-order valence-electron chi connectivity index (χ0n) is 6.11. The highest BCUT2D eigenvalue weighted by Crippen LogP contribution is 2.17. The molecular formula is C7H9NO2S. The normalized spacial score (nSPS) is 12.5. The second kappa shape index (κ2) is 3.50. The molecule has 0 aliphatic carbocycles. The summed E-state index contributed by atoms with van der Waals surface area (Å²) in [4.78, 5) is 11.7. The number of esters is 1. The summed E-state index contributed by atoms with van der Waals surface area (Å²) in [5, 5.41) is 1.87. The van der Waals surface area contributed by atoms with Gasteiger partial charge in [-0.3, -0.25) is 0 Å². The molecule has 0 bridgehead atoms. The second-order valence-corrected chi connectivity index (χ2v) is 3.00. The molecule has 1 heterocycles. The summed E-state index contributed by atoms with van der Waals surface area (Å²) in [5.74, 6) is -0.396. The summed E-state index contributed by atoms with van der Waals surface area (Å²) in [5.41, 5.74) is 5.53. The number of carbonyl (C=O) groups excluding carboxylic acids is 1. The Balaban J connectivity index is 2.70. The minimum atomic E-state index is -0.625. The predicted molar refractivity (Wildman–Crippen MR) is 43.3 cm³/mol. The lowest BCUT2D eigenvalue weighted by molar-refractivity contribution is -0.142. The van der Waals surface area contributed by atoms with Gasteiger partial charge < -0.3 is 10.5 Å². The van der Waals surface area contributed by atoms with Crippen LogP contribution in [0.1, 0.15) is 10.9 Å². The first-order valence-corrected chi connectivity index (χ1v) is 4.00. The first-order valence-electron chi connectivity index (χ1n) is 3.12. The fourth-order valence-electron chi connectivity index (χ4n) is 0.711. The van der Waals surface area contributed by atoms with Gasteiger partial charge >= 0.3 is 5.97 Å². The summed E-state index contributed by atoms with van der Waals surface area (Å²) < 4.78 is 4.48. The quantitative estimate of drug-likeness (QED) is 0.673. The van der Waals surface area contributed by atoms with E-state index in [-0.39, 0.29) is 0 Å². The van der Waals surface area contributed by atoms with Crippen LogP contribution in [-0.4, -0.2) is 13.1 Å². The van der Waals surface area contributed by atoms with Crippen LogP contribution in [0.2, 0.25) is 0 Å². The molecule has 0 unspecified atom stereocenters. The summed E-state index contributed by atoms with van der Waals surface area (Å²) in [6, 6.07) is 3.04. The molecule has 2 N–H and O–H groups in total. The van der Waals surface area contributed by atoms with Crippen LogP contribution in [0.5, 0.6) is 0 Å². The first kappa shape index (κ1) is 8.23. The predicted octanol–water partition coefficient (Wildman–Crippen LogP) is 0.921. The Morgan fingerprint density at radius 1 is 1.82 bits per heavy atom. The van der Waals surface area contributed by atoms with Crippen molar-refractivity contribution in [2.75, 3.05) is 7.11 Å². The topological polar surface area (TPSA) is 52.3 Å². The lowest BCUT2D eigenvalue weighted by Crippen LogP contribution is -2.21. The largest absolute Gasteiger partial charge is 0.468 e. The van der Waals surface area contributed by atoms with Gasteiger partial charge in [-0.05, 0) is 11.4 Å². The Labute approximate surface area is 68.8 Å². The molecule has 0 spiro atoms. The van der Waals surface area contributed by atoms with Crippen molar-refractivity contribution in [3.05, 3.63) is 22.4 Å². The molecular weight excluding hydrogens is 162 g/mol. The summed E-state index contributed by atoms with van der Waals surface area (Å²) in [7, 11) is 1.33. The average molecular weight is 171 g/mol. The van der Waals surface area contributed by atoms with Gasteiger partial charge in [-0.1, -0.05) is 6.07 Å². The zero-order valence-corrected chi connectivity index (χ0v) is 6.93. The maximum atomic E-state index is 10.9. The van der Waals surface area contributed by atoms with Crippen LogP contribution in [0.3, 0.4) is 0 Å². The third-order valence-corrected chi connectivity index (χ3v) is 2.26. The second-order valence-electron chi connectivity index (χ2n) is 2.02. The molecule has 0 aliphatic rings. The molecule has 0 saturated heterocycles. The Bertz CT molecular complexity index is 233. The van der Waals surface area contributed by atoms with E-state index >= 15 is 0 Å². The maximum absolute atomic E-state index is 10.9. The van der Waals surface area contributed by atoms with Crippen LogP contribution in [0.4, 0.5) is 0 Å². The molecule has 0 radical (unpaired) electrons. The SMILES string of the molecule is COC(=O)[C@H](N)c1cccs1. The number of ether oxygens (including phenoxy) is 1. The lowest BCUT2D eigenvalue weighted by atomic mass is 10.3. The van der Waals surface area contributed by atoms with Crippen molar-refractivity contribution >= 4 is 17.3 Å². The van der Waals surface area contributed by atoms with Gasteiger partial charge in [-0.25, -0.2) is 4.79 Å². The first-order chi connectivity index (χ1) is 5.25. The molecule has 3 nitrogen and oxygen atoms in total. The van der Waals surface area contributed by atoms with Gasteiger partial charge in [-0.2, -0.15) is 0 Å². The van der Waals surface area contributed by atoms with Gasteiger partial charge in [0.05, 0.1) is 7.11 Å². The van der Waals surface area contributed by atoms with Crippen LogP contribution in [0.15, 0.2) is 17.5 Å². The third kappa shape index (κ3) is 1.78. The number of methoxy groups -OCH3 is 1. The standard InChI is InChI=1S/C7H9NO2S/c1-10-7(9)6(8)5-3-2-4-11-5/h2-4,6H,8H2,1H3/t6-/m1/s1. The highest BCUT2D eigenvalue weighted by atomic mass is 32.1. The fourth-order valence-corrected chi connectivity index (χ4v) is 1.43. The highest BCUT2D eigenvalue weighted by molar-refractivity contribution is 7.10. The van der Waals surface area contributed by atoms with E-state index in [2.05, 4.69) is 4.74 Å². The molecule has 1 atom stereocenters. The molecule has 0 aliphatic heterocycles. The lowest BCUT2D eigenvalue weighted by Gasteiger charge is -2.05. The maximum Gasteiger partial charge on any atom is 0.328 e. The summed E-state index contributed by atoms with van der Waals surface area (Å²) >= 11 is 1.45. The van der Waals surface area contributed by atoms with Crippen LogP contribution in [-0.2, 0) is 9.53 Å². The number of hydrogen-bond acceptors (Lipinski definition) is 4. The molecule has 1 aromatic heterocycles. The van der Waals surface area contributed by atoms with E-state index in [4.69, 9.17) is 5.73 Å². The van der Waals surface area contributed by atoms with E-state index in [0.29, 0.717) is 0 Å². The molecule has 1 rings (SSSR count). The summed E-state index contributed by atoms with van der Waals surface area (Å²) in [6.07, 6.45) is 0. The minimum absolute atomic E-state index is 0.396. The smallest absolute Gasteiger partial charge is 0.328 e. The molecule has 60 valence electrons. The molecule has 4 heteroatoms. The Kier molecular flexibility index (Phi) is 2.62. The minimum Gasteiger partial charge on any atom is -0.468 e. The van der Waals surface area contributed by atoms with Crippen molar-refractivity contribution in [3.8, 4) is 0 Å². The van der Waals surface area contributed by atoms with Crippen molar-refractivity contribution in [3.63, 3.8) is 0 Å². The van der Waals surface area contributed by atoms with Gasteiger partial charge in [0.25, 0.3) is 0 Å². The van der Waals surface area contributed by atoms with E-state index < -0.39 is 12.0 Å². The monoisotopic (exact) mass is 171 g/mol. The van der Waals surface area contributed by atoms with Crippen molar-refractivity contribution in [2.45, 2.75) is 6.04 Å².